The first kappa shape index (κ1) is 22.0. The van der Waals surface area contributed by atoms with Gasteiger partial charge in [0.05, 0.1) is 37.8 Å². The molecule has 6 nitrogen and oxygen atoms in total. The zero-order valence-electron chi connectivity index (χ0n) is 18.0. The maximum atomic E-state index is 5.97. The molecule has 0 spiro atoms. The number of rotatable bonds is 7. The average Bonchev–Trinajstić information content (AvgIpc) is 2.72. The Morgan fingerprint density at radius 3 is 2.48 bits per heavy atom. The predicted octanol–water partition coefficient (Wildman–Crippen LogP) is 4.19. The zero-order chi connectivity index (χ0) is 20.6. The number of ether oxygens (including phenoxy) is 3. The number of anilines is 2. The molecule has 2 fully saturated rings. The van der Waals surface area contributed by atoms with Crippen LogP contribution in [0.1, 0.15) is 46.5 Å². The first-order valence-corrected chi connectivity index (χ1v) is 11.4. The van der Waals surface area contributed by atoms with E-state index in [0.717, 1.165) is 49.2 Å². The molecule has 1 aliphatic carbocycles. The van der Waals surface area contributed by atoms with Crippen LogP contribution in [0.3, 0.4) is 0 Å². The van der Waals surface area contributed by atoms with Gasteiger partial charge in [-0.05, 0) is 44.8 Å². The Morgan fingerprint density at radius 1 is 1.10 bits per heavy atom. The van der Waals surface area contributed by atoms with E-state index >= 15 is 0 Å². The average molecular weight is 422 g/mol. The lowest BCUT2D eigenvalue weighted by Gasteiger charge is -2.32. The summed E-state index contributed by atoms with van der Waals surface area (Å²) in [7, 11) is 0. The summed E-state index contributed by atoms with van der Waals surface area (Å²) in [6.07, 6.45) is 5.00. The van der Waals surface area contributed by atoms with E-state index in [0.29, 0.717) is 30.3 Å². The highest BCUT2D eigenvalue weighted by Gasteiger charge is 2.23. The van der Waals surface area contributed by atoms with Crippen molar-refractivity contribution in [3.8, 4) is 11.5 Å². The van der Waals surface area contributed by atoms with Gasteiger partial charge in [-0.15, -0.1) is 0 Å². The molecule has 0 bridgehead atoms. The summed E-state index contributed by atoms with van der Waals surface area (Å²) < 4.78 is 17.4. The molecule has 2 aliphatic rings. The summed E-state index contributed by atoms with van der Waals surface area (Å²) in [4.78, 5) is 2.29. The number of benzene rings is 1. The van der Waals surface area contributed by atoms with E-state index in [9.17, 15) is 0 Å². The van der Waals surface area contributed by atoms with Crippen LogP contribution in [-0.2, 0) is 4.74 Å². The SMILES string of the molecule is CCOc1cc(N2CCOCC2)c(OCC)cc1NC(=S)N[C@H]1CCCC[C@H]1C. The number of morpholine rings is 1. The Kier molecular flexibility index (Phi) is 8.24. The van der Waals surface area contributed by atoms with Crippen LogP contribution in [0.4, 0.5) is 11.4 Å². The third-order valence-electron chi connectivity index (χ3n) is 5.69. The first-order chi connectivity index (χ1) is 14.1. The van der Waals surface area contributed by atoms with Crippen molar-refractivity contribution in [2.45, 2.75) is 52.5 Å². The lowest BCUT2D eigenvalue weighted by Crippen LogP contribution is -2.43. The topological polar surface area (TPSA) is 55.0 Å². The van der Waals surface area contributed by atoms with Gasteiger partial charge in [-0.3, -0.25) is 0 Å². The Labute approximate surface area is 180 Å². The fourth-order valence-electron chi connectivity index (χ4n) is 4.10. The van der Waals surface area contributed by atoms with Crippen LogP contribution in [0.15, 0.2) is 12.1 Å². The van der Waals surface area contributed by atoms with E-state index in [1.807, 2.05) is 19.9 Å². The van der Waals surface area contributed by atoms with Gasteiger partial charge in [-0.2, -0.15) is 0 Å². The summed E-state index contributed by atoms with van der Waals surface area (Å²) in [6.45, 7) is 10.6. The lowest BCUT2D eigenvalue weighted by atomic mass is 9.86. The van der Waals surface area contributed by atoms with Crippen LogP contribution in [0, 0.1) is 5.92 Å². The number of nitrogens with zero attached hydrogens (tertiary/aromatic N) is 1. The molecular formula is C22H35N3O3S. The van der Waals surface area contributed by atoms with E-state index < -0.39 is 0 Å². The molecular weight excluding hydrogens is 386 g/mol. The Balaban J connectivity index is 1.80. The molecule has 3 rings (SSSR count). The van der Waals surface area contributed by atoms with Crippen molar-refractivity contribution < 1.29 is 14.2 Å². The van der Waals surface area contributed by atoms with Crippen molar-refractivity contribution in [1.29, 1.82) is 0 Å². The van der Waals surface area contributed by atoms with Crippen LogP contribution in [0.5, 0.6) is 11.5 Å². The van der Waals surface area contributed by atoms with E-state index in [-0.39, 0.29) is 0 Å². The third kappa shape index (κ3) is 5.89. The van der Waals surface area contributed by atoms with E-state index in [2.05, 4.69) is 28.5 Å². The molecule has 7 heteroatoms. The number of thiocarbonyl (C=S) groups is 1. The molecule has 2 N–H and O–H groups in total. The molecule has 1 saturated carbocycles. The van der Waals surface area contributed by atoms with Gasteiger partial charge in [-0.1, -0.05) is 19.8 Å². The quantitative estimate of drug-likeness (QED) is 0.640. The minimum absolute atomic E-state index is 0.429. The molecule has 2 atom stereocenters. The fourth-order valence-corrected chi connectivity index (χ4v) is 4.36. The normalized spacial score (nSPS) is 22.1. The Hall–Kier alpha value is -1.73. The van der Waals surface area contributed by atoms with Crippen LogP contribution in [0.25, 0.3) is 0 Å². The largest absolute Gasteiger partial charge is 0.492 e. The second-order valence-electron chi connectivity index (χ2n) is 7.75. The molecule has 0 amide bonds. The van der Waals surface area contributed by atoms with Gasteiger partial charge in [0.15, 0.2) is 5.11 Å². The number of hydrogen-bond acceptors (Lipinski definition) is 5. The highest BCUT2D eigenvalue weighted by atomic mass is 32.1. The van der Waals surface area contributed by atoms with Crippen molar-refractivity contribution in [3.05, 3.63) is 12.1 Å². The van der Waals surface area contributed by atoms with Gasteiger partial charge in [0.2, 0.25) is 0 Å². The second kappa shape index (κ2) is 10.9. The summed E-state index contributed by atoms with van der Waals surface area (Å²) in [5.74, 6) is 2.27. The maximum absolute atomic E-state index is 5.97. The summed E-state index contributed by atoms with van der Waals surface area (Å²) in [5, 5.41) is 7.52. The molecule has 1 heterocycles. The lowest BCUT2D eigenvalue weighted by molar-refractivity contribution is 0.122. The molecule has 1 aromatic rings. The van der Waals surface area contributed by atoms with Gasteiger partial charge >= 0.3 is 0 Å². The smallest absolute Gasteiger partial charge is 0.171 e. The van der Waals surface area contributed by atoms with Crippen LogP contribution < -0.4 is 25.0 Å². The van der Waals surface area contributed by atoms with Crippen molar-refractivity contribution in [2.75, 3.05) is 49.7 Å². The van der Waals surface area contributed by atoms with Gasteiger partial charge in [0.25, 0.3) is 0 Å². The molecule has 0 radical (unpaired) electrons. The van der Waals surface area contributed by atoms with Crippen LogP contribution >= 0.6 is 12.2 Å². The molecule has 29 heavy (non-hydrogen) atoms. The summed E-state index contributed by atoms with van der Waals surface area (Å²) in [5.41, 5.74) is 1.89. The minimum atomic E-state index is 0.429. The highest BCUT2D eigenvalue weighted by molar-refractivity contribution is 7.80. The molecule has 1 aliphatic heterocycles. The van der Waals surface area contributed by atoms with Gasteiger partial charge in [-0.25, -0.2) is 0 Å². The third-order valence-corrected chi connectivity index (χ3v) is 5.91. The Morgan fingerprint density at radius 2 is 1.79 bits per heavy atom. The molecule has 162 valence electrons. The molecule has 0 aromatic heterocycles. The first-order valence-electron chi connectivity index (χ1n) is 11.0. The van der Waals surface area contributed by atoms with Crippen molar-refractivity contribution in [3.63, 3.8) is 0 Å². The van der Waals surface area contributed by atoms with Gasteiger partial charge in [0.1, 0.15) is 11.5 Å². The van der Waals surface area contributed by atoms with Gasteiger partial charge in [0, 0.05) is 31.3 Å². The van der Waals surface area contributed by atoms with E-state index in [4.69, 9.17) is 26.4 Å². The van der Waals surface area contributed by atoms with E-state index in [1.165, 1.54) is 25.7 Å². The summed E-state index contributed by atoms with van der Waals surface area (Å²) >= 11 is 5.63. The zero-order valence-corrected chi connectivity index (χ0v) is 18.8. The Bertz CT molecular complexity index is 680. The molecule has 1 aromatic carbocycles. The standard InChI is InChI=1S/C22H35N3O3S/c1-4-27-20-15-19(25-10-12-26-13-11-25)21(28-5-2)14-18(20)24-22(29)23-17-9-7-6-8-16(17)3/h14-17H,4-13H2,1-3H3,(H2,23,24,29)/t16-,17+/m1/s1. The summed E-state index contributed by atoms with van der Waals surface area (Å²) in [6, 6.07) is 4.50. The van der Waals surface area contributed by atoms with Crippen molar-refractivity contribution in [1.82, 2.24) is 5.32 Å². The maximum Gasteiger partial charge on any atom is 0.171 e. The van der Waals surface area contributed by atoms with Crippen LogP contribution in [-0.4, -0.2) is 50.7 Å². The predicted molar refractivity (Wildman–Crippen MR) is 123 cm³/mol. The molecule has 1 saturated heterocycles. The van der Waals surface area contributed by atoms with Gasteiger partial charge < -0.3 is 29.7 Å². The monoisotopic (exact) mass is 421 g/mol. The van der Waals surface area contributed by atoms with Crippen LogP contribution in [0.2, 0.25) is 0 Å². The fraction of sp³-hybridized carbons (Fsp3) is 0.682. The van der Waals surface area contributed by atoms with Crippen molar-refractivity contribution in [2.24, 2.45) is 5.92 Å². The number of hydrogen-bond donors (Lipinski definition) is 2. The molecule has 0 unspecified atom stereocenters. The second-order valence-corrected chi connectivity index (χ2v) is 8.16. The van der Waals surface area contributed by atoms with E-state index in [1.54, 1.807) is 0 Å². The number of nitrogens with one attached hydrogen (secondary N) is 2. The van der Waals surface area contributed by atoms with Crippen molar-refractivity contribution >= 4 is 28.7 Å². The minimum Gasteiger partial charge on any atom is -0.492 e. The highest BCUT2D eigenvalue weighted by Crippen LogP contribution is 2.39.